The van der Waals surface area contributed by atoms with Gasteiger partial charge in [-0.25, -0.2) is 8.78 Å². The molecule has 0 saturated heterocycles. The van der Waals surface area contributed by atoms with Gasteiger partial charge in [0.05, 0.1) is 6.61 Å². The number of ether oxygens (including phenoxy) is 2. The van der Waals surface area contributed by atoms with E-state index < -0.39 is 24.0 Å². The third kappa shape index (κ3) is 2.40. The number of rotatable bonds is 4. The summed E-state index contributed by atoms with van der Waals surface area (Å²) in [7, 11) is 1.35. The minimum absolute atomic E-state index is 0.157. The quantitative estimate of drug-likeness (QED) is 0.754. The van der Waals surface area contributed by atoms with Crippen molar-refractivity contribution in [3.05, 3.63) is 29.3 Å². The van der Waals surface area contributed by atoms with E-state index in [-0.39, 0.29) is 12.4 Å². The topological polar surface area (TPSA) is 38.7 Å². The molecule has 1 N–H and O–H groups in total. The monoisotopic (exact) mass is 204 g/mol. The smallest absolute Gasteiger partial charge is 0.193 e. The maximum absolute atomic E-state index is 13.1. The molecule has 5 heteroatoms. The van der Waals surface area contributed by atoms with Crippen LogP contribution in [0.25, 0.3) is 0 Å². The van der Waals surface area contributed by atoms with Crippen molar-refractivity contribution in [2.45, 2.75) is 6.61 Å². The second-order valence-electron chi connectivity index (χ2n) is 2.60. The van der Waals surface area contributed by atoms with Gasteiger partial charge in [-0.05, 0) is 17.7 Å². The van der Waals surface area contributed by atoms with Crippen LogP contribution in [-0.2, 0) is 11.3 Å². The highest BCUT2D eigenvalue weighted by Gasteiger charge is 2.11. The molecule has 0 aliphatic carbocycles. The molecule has 0 aromatic heterocycles. The van der Waals surface area contributed by atoms with E-state index in [9.17, 15) is 8.78 Å². The minimum atomic E-state index is -0.855. The first-order valence-electron chi connectivity index (χ1n) is 3.89. The minimum Gasteiger partial charge on any atom is -0.461 e. The summed E-state index contributed by atoms with van der Waals surface area (Å²) in [5.41, 5.74) is 0.157. The lowest BCUT2D eigenvalue weighted by Gasteiger charge is -2.07. The molecule has 0 bridgehead atoms. The van der Waals surface area contributed by atoms with Crippen LogP contribution in [0.2, 0.25) is 0 Å². The molecule has 0 aliphatic heterocycles. The van der Waals surface area contributed by atoms with Gasteiger partial charge < -0.3 is 14.6 Å². The Morgan fingerprint density at radius 2 is 1.86 bits per heavy atom. The van der Waals surface area contributed by atoms with Gasteiger partial charge in [-0.3, -0.25) is 0 Å². The standard InChI is InChI=1S/C9H10F2O3/c1-13-5-14-9-7(10)2-6(4-12)3-8(9)11/h2-3,12H,4-5H2,1H3. The molecule has 78 valence electrons. The predicted octanol–water partition coefficient (Wildman–Crippen LogP) is 1.44. The van der Waals surface area contributed by atoms with Crippen LogP contribution in [0.4, 0.5) is 8.78 Å². The molecule has 0 amide bonds. The van der Waals surface area contributed by atoms with Gasteiger partial charge >= 0.3 is 0 Å². The van der Waals surface area contributed by atoms with Crippen LogP contribution in [0, 0.1) is 11.6 Å². The Morgan fingerprint density at radius 1 is 1.29 bits per heavy atom. The molecule has 1 aromatic rings. The summed E-state index contributed by atoms with van der Waals surface area (Å²) in [6, 6.07) is 2.02. The molecule has 0 heterocycles. The average molecular weight is 204 g/mol. The lowest BCUT2D eigenvalue weighted by molar-refractivity contribution is 0.0452. The molecule has 0 atom stereocenters. The van der Waals surface area contributed by atoms with Crippen molar-refractivity contribution in [3.63, 3.8) is 0 Å². The van der Waals surface area contributed by atoms with Gasteiger partial charge in [0.25, 0.3) is 0 Å². The summed E-state index contributed by atoms with van der Waals surface area (Å²) in [6.45, 7) is -0.648. The maximum atomic E-state index is 13.1. The van der Waals surface area contributed by atoms with Crippen LogP contribution < -0.4 is 4.74 Å². The Bertz CT molecular complexity index is 292. The summed E-state index contributed by atoms with van der Waals surface area (Å²) in [4.78, 5) is 0. The molecule has 0 spiro atoms. The molecule has 0 saturated carbocycles. The fraction of sp³-hybridized carbons (Fsp3) is 0.333. The Kier molecular flexibility index (Phi) is 3.79. The van der Waals surface area contributed by atoms with E-state index in [1.165, 1.54) is 7.11 Å². The number of hydrogen-bond donors (Lipinski definition) is 1. The molecular weight excluding hydrogens is 194 g/mol. The van der Waals surface area contributed by atoms with Crippen molar-refractivity contribution in [1.82, 2.24) is 0 Å². The van der Waals surface area contributed by atoms with Crippen LogP contribution in [0.3, 0.4) is 0 Å². The van der Waals surface area contributed by atoms with Gasteiger partial charge in [0.1, 0.15) is 0 Å². The zero-order valence-corrected chi connectivity index (χ0v) is 7.59. The fourth-order valence-corrected chi connectivity index (χ4v) is 0.959. The van der Waals surface area contributed by atoms with Crippen molar-refractivity contribution in [2.24, 2.45) is 0 Å². The SMILES string of the molecule is COCOc1c(F)cc(CO)cc1F. The summed E-state index contributed by atoms with van der Waals surface area (Å²) in [5, 5.41) is 8.65. The maximum Gasteiger partial charge on any atom is 0.193 e. The van der Waals surface area contributed by atoms with Crippen LogP contribution in [0.15, 0.2) is 12.1 Å². The van der Waals surface area contributed by atoms with Crippen molar-refractivity contribution in [2.75, 3.05) is 13.9 Å². The van der Waals surface area contributed by atoms with Crippen LogP contribution in [-0.4, -0.2) is 19.0 Å². The van der Waals surface area contributed by atoms with Crippen molar-refractivity contribution >= 4 is 0 Å². The molecule has 0 aliphatic rings. The summed E-state index contributed by atoms with van der Waals surface area (Å²) >= 11 is 0. The number of benzene rings is 1. The zero-order valence-electron chi connectivity index (χ0n) is 7.59. The first kappa shape index (κ1) is 10.9. The fourth-order valence-electron chi connectivity index (χ4n) is 0.959. The molecule has 1 rings (SSSR count). The molecule has 0 unspecified atom stereocenters. The van der Waals surface area contributed by atoms with E-state index in [0.29, 0.717) is 0 Å². The van der Waals surface area contributed by atoms with E-state index in [1.807, 2.05) is 0 Å². The average Bonchev–Trinajstić information content (AvgIpc) is 2.16. The Morgan fingerprint density at radius 3 is 2.29 bits per heavy atom. The lowest BCUT2D eigenvalue weighted by Crippen LogP contribution is -2.03. The highest BCUT2D eigenvalue weighted by molar-refractivity contribution is 5.30. The van der Waals surface area contributed by atoms with Crippen LogP contribution in [0.5, 0.6) is 5.75 Å². The van der Waals surface area contributed by atoms with Gasteiger partial charge in [-0.2, -0.15) is 0 Å². The number of methoxy groups -OCH3 is 1. The Hall–Kier alpha value is -1.20. The van der Waals surface area contributed by atoms with Crippen molar-refractivity contribution in [1.29, 1.82) is 0 Å². The normalized spacial score (nSPS) is 10.3. The molecule has 1 aromatic carbocycles. The van der Waals surface area contributed by atoms with Gasteiger partial charge in [-0.1, -0.05) is 0 Å². The van der Waals surface area contributed by atoms with Crippen LogP contribution >= 0.6 is 0 Å². The zero-order chi connectivity index (χ0) is 10.6. The third-order valence-electron chi connectivity index (χ3n) is 1.56. The van der Waals surface area contributed by atoms with Crippen molar-refractivity contribution in [3.8, 4) is 5.75 Å². The van der Waals surface area contributed by atoms with E-state index in [4.69, 9.17) is 5.11 Å². The lowest BCUT2D eigenvalue weighted by atomic mass is 10.2. The first-order valence-corrected chi connectivity index (χ1v) is 3.89. The van der Waals surface area contributed by atoms with E-state index in [1.54, 1.807) is 0 Å². The van der Waals surface area contributed by atoms with Crippen molar-refractivity contribution < 1.29 is 23.4 Å². The largest absolute Gasteiger partial charge is 0.461 e. The van der Waals surface area contributed by atoms with E-state index in [2.05, 4.69) is 9.47 Å². The van der Waals surface area contributed by atoms with Gasteiger partial charge in [0.15, 0.2) is 24.2 Å². The number of hydrogen-bond acceptors (Lipinski definition) is 3. The molecule has 14 heavy (non-hydrogen) atoms. The first-order chi connectivity index (χ1) is 6.69. The Labute approximate surface area is 79.9 Å². The van der Waals surface area contributed by atoms with Crippen LogP contribution in [0.1, 0.15) is 5.56 Å². The van der Waals surface area contributed by atoms with Gasteiger partial charge in [0, 0.05) is 7.11 Å². The second kappa shape index (κ2) is 4.88. The molecule has 0 fully saturated rings. The Balaban J connectivity index is 2.93. The molecule has 3 nitrogen and oxygen atoms in total. The summed E-state index contributed by atoms with van der Waals surface area (Å²) in [5.74, 6) is -2.21. The van der Waals surface area contributed by atoms with Gasteiger partial charge in [0.2, 0.25) is 0 Å². The highest BCUT2D eigenvalue weighted by atomic mass is 19.1. The number of aliphatic hydroxyl groups is 1. The molecule has 0 radical (unpaired) electrons. The van der Waals surface area contributed by atoms with E-state index in [0.717, 1.165) is 12.1 Å². The van der Waals surface area contributed by atoms with Gasteiger partial charge in [-0.15, -0.1) is 0 Å². The summed E-state index contributed by atoms with van der Waals surface area (Å²) < 4.78 is 35.3. The third-order valence-corrected chi connectivity index (χ3v) is 1.56. The van der Waals surface area contributed by atoms with E-state index >= 15 is 0 Å². The second-order valence-corrected chi connectivity index (χ2v) is 2.60. The number of halogens is 2. The number of aliphatic hydroxyl groups excluding tert-OH is 1. The highest BCUT2D eigenvalue weighted by Crippen LogP contribution is 2.23. The molecular formula is C9H10F2O3. The predicted molar refractivity (Wildman–Crippen MR) is 44.8 cm³/mol. The summed E-state index contributed by atoms with van der Waals surface area (Å²) in [6.07, 6.45) is 0.